The van der Waals surface area contributed by atoms with E-state index in [-0.39, 0.29) is 5.91 Å². The van der Waals surface area contributed by atoms with Gasteiger partial charge in [-0.3, -0.25) is 9.10 Å². The van der Waals surface area contributed by atoms with Gasteiger partial charge in [0.1, 0.15) is 6.04 Å². The second-order valence-electron chi connectivity index (χ2n) is 6.50. The smallest absolute Gasteiger partial charge is 0.243 e. The van der Waals surface area contributed by atoms with Gasteiger partial charge in [0.2, 0.25) is 15.9 Å². The third-order valence-corrected chi connectivity index (χ3v) is 7.39. The first-order valence-electron chi connectivity index (χ1n) is 9.18. The summed E-state index contributed by atoms with van der Waals surface area (Å²) in [4.78, 5) is 12.7. The highest BCUT2D eigenvalue weighted by atomic mass is 35.5. The molecule has 1 amide bonds. The number of amides is 1. The number of anilines is 1. The molecule has 0 aliphatic heterocycles. The largest absolute Gasteiger partial charge is 0.353 e. The summed E-state index contributed by atoms with van der Waals surface area (Å²) in [5, 5.41) is 4.53. The molecule has 2 rings (SSSR count). The summed E-state index contributed by atoms with van der Waals surface area (Å²) in [5.74, 6) is 0.893. The van der Waals surface area contributed by atoms with Gasteiger partial charge < -0.3 is 5.32 Å². The van der Waals surface area contributed by atoms with Crippen LogP contribution in [0.2, 0.25) is 15.1 Å². The zero-order valence-electron chi connectivity index (χ0n) is 16.6. The first kappa shape index (κ1) is 25.1. The second kappa shape index (κ2) is 11.5. The molecule has 1 N–H and O–H groups in total. The summed E-state index contributed by atoms with van der Waals surface area (Å²) in [7, 11) is -3.67. The molecule has 0 radical (unpaired) electrons. The maximum absolute atomic E-state index is 12.7. The SMILES string of the molecule is CC[C@H](C(=O)NCCSCc1c(Cl)cccc1Cl)N(c1ccc(Cl)cc1)S(C)(=O)=O. The molecule has 0 saturated heterocycles. The van der Waals surface area contributed by atoms with E-state index in [0.29, 0.717) is 45.2 Å². The van der Waals surface area contributed by atoms with Crippen LogP contribution in [0.4, 0.5) is 5.69 Å². The number of halogens is 3. The lowest BCUT2D eigenvalue weighted by atomic mass is 10.2. The van der Waals surface area contributed by atoms with Crippen LogP contribution in [-0.4, -0.2) is 38.9 Å². The average Bonchev–Trinajstić information content (AvgIpc) is 2.67. The number of sulfonamides is 1. The summed E-state index contributed by atoms with van der Waals surface area (Å²) < 4.78 is 25.9. The molecule has 2 aromatic rings. The van der Waals surface area contributed by atoms with Crippen molar-refractivity contribution in [1.82, 2.24) is 5.32 Å². The number of hydrogen-bond acceptors (Lipinski definition) is 4. The summed E-state index contributed by atoms with van der Waals surface area (Å²) in [6, 6.07) is 10.9. The number of nitrogens with one attached hydrogen (secondary N) is 1. The third-order valence-electron chi connectivity index (χ3n) is 4.26. The number of nitrogens with zero attached hydrogens (tertiary/aromatic N) is 1. The Morgan fingerprint density at radius 1 is 1.10 bits per heavy atom. The molecule has 0 heterocycles. The number of thioether (sulfide) groups is 1. The fourth-order valence-corrected chi connectivity index (χ4v) is 5.79. The van der Waals surface area contributed by atoms with E-state index in [4.69, 9.17) is 34.8 Å². The number of carbonyl (C=O) groups is 1. The van der Waals surface area contributed by atoms with Crippen LogP contribution in [0.1, 0.15) is 18.9 Å². The first-order chi connectivity index (χ1) is 14.1. The topological polar surface area (TPSA) is 66.5 Å². The van der Waals surface area contributed by atoms with Gasteiger partial charge in [0.05, 0.1) is 11.9 Å². The first-order valence-corrected chi connectivity index (χ1v) is 13.3. The Hall–Kier alpha value is -1.12. The van der Waals surface area contributed by atoms with Crippen molar-refractivity contribution in [3.8, 4) is 0 Å². The van der Waals surface area contributed by atoms with Crippen LogP contribution in [0.25, 0.3) is 0 Å². The summed E-state index contributed by atoms with van der Waals surface area (Å²) in [6.45, 7) is 2.16. The highest BCUT2D eigenvalue weighted by Crippen LogP contribution is 2.28. The maximum atomic E-state index is 12.7. The third kappa shape index (κ3) is 6.95. The van der Waals surface area contributed by atoms with Gasteiger partial charge in [0.25, 0.3) is 0 Å². The van der Waals surface area contributed by atoms with Gasteiger partial charge in [-0.05, 0) is 48.4 Å². The molecule has 0 bridgehead atoms. The molecule has 10 heteroatoms. The van der Waals surface area contributed by atoms with Gasteiger partial charge in [-0.15, -0.1) is 0 Å². The van der Waals surface area contributed by atoms with Crippen LogP contribution in [-0.2, 0) is 20.6 Å². The highest BCUT2D eigenvalue weighted by Gasteiger charge is 2.31. The summed E-state index contributed by atoms with van der Waals surface area (Å²) >= 11 is 19.8. The molecular formula is C20H23Cl3N2O3S2. The van der Waals surface area contributed by atoms with Gasteiger partial charge in [-0.25, -0.2) is 8.42 Å². The minimum absolute atomic E-state index is 0.323. The van der Waals surface area contributed by atoms with Crippen LogP contribution >= 0.6 is 46.6 Å². The predicted octanol–water partition coefficient (Wildman–Crippen LogP) is 5.24. The molecule has 2 aromatic carbocycles. The van der Waals surface area contributed by atoms with E-state index >= 15 is 0 Å². The van der Waals surface area contributed by atoms with E-state index in [9.17, 15) is 13.2 Å². The zero-order valence-corrected chi connectivity index (χ0v) is 20.5. The quantitative estimate of drug-likeness (QED) is 0.445. The fraction of sp³-hybridized carbons (Fsp3) is 0.350. The van der Waals surface area contributed by atoms with E-state index in [1.807, 2.05) is 0 Å². The Kier molecular flexibility index (Phi) is 9.63. The highest BCUT2D eigenvalue weighted by molar-refractivity contribution is 7.98. The Bertz CT molecular complexity index is 950. The lowest BCUT2D eigenvalue weighted by molar-refractivity contribution is -0.122. The minimum Gasteiger partial charge on any atom is -0.353 e. The molecule has 1 atom stereocenters. The Labute approximate surface area is 197 Å². The molecule has 0 saturated carbocycles. The predicted molar refractivity (Wildman–Crippen MR) is 128 cm³/mol. The van der Waals surface area contributed by atoms with Crippen molar-refractivity contribution in [2.45, 2.75) is 25.1 Å². The average molecular weight is 510 g/mol. The van der Waals surface area contributed by atoms with E-state index in [2.05, 4.69) is 5.32 Å². The van der Waals surface area contributed by atoms with Gasteiger partial charge in [-0.1, -0.05) is 47.8 Å². The number of benzene rings is 2. The van der Waals surface area contributed by atoms with Crippen molar-refractivity contribution < 1.29 is 13.2 Å². The van der Waals surface area contributed by atoms with Crippen LogP contribution in [0.5, 0.6) is 0 Å². The Morgan fingerprint density at radius 3 is 2.23 bits per heavy atom. The molecule has 0 aromatic heterocycles. The number of hydrogen-bond donors (Lipinski definition) is 1. The molecule has 30 heavy (non-hydrogen) atoms. The normalized spacial score (nSPS) is 12.4. The molecular weight excluding hydrogens is 487 g/mol. The molecule has 164 valence electrons. The van der Waals surface area contributed by atoms with Crippen molar-refractivity contribution in [3.05, 3.63) is 63.1 Å². The standard InChI is InChI=1S/C20H23Cl3N2O3S2/c1-3-19(25(30(2,27)28)15-9-7-14(21)8-10-15)20(26)24-11-12-29-13-16-17(22)5-4-6-18(16)23/h4-10,19H,3,11-13H2,1-2H3,(H,24,26)/t19-/m1/s1. The second-order valence-corrected chi connectivity index (χ2v) is 10.7. The molecule has 0 fully saturated rings. The summed E-state index contributed by atoms with van der Waals surface area (Å²) in [6.07, 6.45) is 1.41. The van der Waals surface area contributed by atoms with E-state index in [0.717, 1.165) is 16.1 Å². The lowest BCUT2D eigenvalue weighted by Gasteiger charge is -2.30. The van der Waals surface area contributed by atoms with Crippen LogP contribution in [0, 0.1) is 0 Å². The molecule has 0 spiro atoms. The zero-order chi connectivity index (χ0) is 22.3. The lowest BCUT2D eigenvalue weighted by Crippen LogP contribution is -2.49. The van der Waals surface area contributed by atoms with Crippen LogP contribution < -0.4 is 9.62 Å². The van der Waals surface area contributed by atoms with Crippen LogP contribution in [0.15, 0.2) is 42.5 Å². The number of rotatable bonds is 10. The van der Waals surface area contributed by atoms with Crippen molar-refractivity contribution in [2.75, 3.05) is 22.9 Å². The monoisotopic (exact) mass is 508 g/mol. The van der Waals surface area contributed by atoms with Gasteiger partial charge in [0, 0.05) is 33.1 Å². The minimum atomic E-state index is -3.67. The summed E-state index contributed by atoms with van der Waals surface area (Å²) in [5.41, 5.74) is 1.25. The van der Waals surface area contributed by atoms with Crippen molar-refractivity contribution in [2.24, 2.45) is 0 Å². The van der Waals surface area contributed by atoms with Gasteiger partial charge >= 0.3 is 0 Å². The fourth-order valence-electron chi connectivity index (χ4n) is 2.86. The molecule has 0 unspecified atom stereocenters. The van der Waals surface area contributed by atoms with E-state index < -0.39 is 16.1 Å². The van der Waals surface area contributed by atoms with Gasteiger partial charge in [-0.2, -0.15) is 11.8 Å². The van der Waals surface area contributed by atoms with Crippen molar-refractivity contribution in [3.63, 3.8) is 0 Å². The maximum Gasteiger partial charge on any atom is 0.243 e. The number of carbonyl (C=O) groups excluding carboxylic acids is 1. The van der Waals surface area contributed by atoms with Crippen molar-refractivity contribution >= 4 is 68.2 Å². The molecule has 0 aliphatic rings. The van der Waals surface area contributed by atoms with E-state index in [1.165, 1.54) is 0 Å². The Balaban J connectivity index is 1.98. The molecule has 0 aliphatic carbocycles. The molecule has 5 nitrogen and oxygen atoms in total. The van der Waals surface area contributed by atoms with Gasteiger partial charge in [0.15, 0.2) is 0 Å². The Morgan fingerprint density at radius 2 is 1.70 bits per heavy atom. The van der Waals surface area contributed by atoms with E-state index in [1.54, 1.807) is 61.2 Å². The van der Waals surface area contributed by atoms with Crippen LogP contribution in [0.3, 0.4) is 0 Å². The van der Waals surface area contributed by atoms with Crippen molar-refractivity contribution in [1.29, 1.82) is 0 Å².